The highest BCUT2D eigenvalue weighted by Crippen LogP contribution is 2.31. The van der Waals surface area contributed by atoms with Gasteiger partial charge in [-0.1, -0.05) is 44.2 Å². The Morgan fingerprint density at radius 3 is 2.52 bits per heavy atom. The molecule has 1 aromatic heterocycles. The van der Waals surface area contributed by atoms with Crippen LogP contribution in [0.2, 0.25) is 0 Å². The number of ether oxygens (including phenoxy) is 1. The maximum atomic E-state index is 5.57. The lowest BCUT2D eigenvalue weighted by Gasteiger charge is -2.25. The van der Waals surface area contributed by atoms with E-state index in [1.54, 1.807) is 6.20 Å². The molecule has 0 amide bonds. The van der Waals surface area contributed by atoms with Crippen molar-refractivity contribution in [1.82, 2.24) is 10.3 Å². The molecule has 0 spiro atoms. The summed E-state index contributed by atoms with van der Waals surface area (Å²) in [6.07, 6.45) is 3.69. The molecule has 21 heavy (non-hydrogen) atoms. The SMILES string of the molecule is CCNC(c1cncc(OCC)c1)C(C)c1ccccc1. The molecule has 0 aliphatic rings. The quantitative estimate of drug-likeness (QED) is 0.836. The fraction of sp³-hybridized carbons (Fsp3) is 0.389. The normalized spacial score (nSPS) is 13.7. The molecule has 2 rings (SSSR count). The smallest absolute Gasteiger partial charge is 0.137 e. The van der Waals surface area contributed by atoms with Crippen molar-refractivity contribution in [3.05, 3.63) is 59.9 Å². The van der Waals surface area contributed by atoms with Gasteiger partial charge in [0.1, 0.15) is 5.75 Å². The largest absolute Gasteiger partial charge is 0.492 e. The zero-order valence-electron chi connectivity index (χ0n) is 13.0. The minimum absolute atomic E-state index is 0.227. The zero-order valence-corrected chi connectivity index (χ0v) is 13.0. The molecule has 2 unspecified atom stereocenters. The van der Waals surface area contributed by atoms with Crippen LogP contribution >= 0.6 is 0 Å². The molecule has 0 saturated heterocycles. The van der Waals surface area contributed by atoms with E-state index in [0.29, 0.717) is 12.5 Å². The molecule has 1 N–H and O–H groups in total. The second-order valence-corrected chi connectivity index (χ2v) is 5.12. The van der Waals surface area contributed by atoms with Crippen molar-refractivity contribution < 1.29 is 4.74 Å². The van der Waals surface area contributed by atoms with Gasteiger partial charge in [0.2, 0.25) is 0 Å². The van der Waals surface area contributed by atoms with Crippen molar-refractivity contribution in [3.8, 4) is 5.75 Å². The molecule has 0 fully saturated rings. The highest BCUT2D eigenvalue weighted by Gasteiger charge is 2.20. The summed E-state index contributed by atoms with van der Waals surface area (Å²) in [5, 5.41) is 3.57. The Morgan fingerprint density at radius 2 is 1.86 bits per heavy atom. The van der Waals surface area contributed by atoms with E-state index in [2.05, 4.69) is 60.5 Å². The van der Waals surface area contributed by atoms with Crippen molar-refractivity contribution in [3.63, 3.8) is 0 Å². The highest BCUT2D eigenvalue weighted by atomic mass is 16.5. The number of nitrogens with one attached hydrogen (secondary N) is 1. The molecule has 112 valence electrons. The molecule has 2 aromatic rings. The van der Waals surface area contributed by atoms with Crippen LogP contribution in [0.15, 0.2) is 48.8 Å². The number of pyridine rings is 1. The third-order valence-corrected chi connectivity index (χ3v) is 3.65. The number of aromatic nitrogens is 1. The number of hydrogen-bond acceptors (Lipinski definition) is 3. The monoisotopic (exact) mass is 284 g/mol. The van der Waals surface area contributed by atoms with Gasteiger partial charge >= 0.3 is 0 Å². The van der Waals surface area contributed by atoms with E-state index in [-0.39, 0.29) is 6.04 Å². The maximum Gasteiger partial charge on any atom is 0.137 e. The molecule has 0 radical (unpaired) electrons. The summed E-state index contributed by atoms with van der Waals surface area (Å²) in [5.74, 6) is 1.20. The van der Waals surface area contributed by atoms with E-state index < -0.39 is 0 Å². The molecular weight excluding hydrogens is 260 g/mol. The fourth-order valence-electron chi connectivity index (χ4n) is 2.60. The first kappa shape index (κ1) is 15.5. The van der Waals surface area contributed by atoms with Gasteiger partial charge in [0.15, 0.2) is 0 Å². The summed E-state index contributed by atoms with van der Waals surface area (Å²) in [5.41, 5.74) is 2.49. The van der Waals surface area contributed by atoms with Crippen molar-refractivity contribution in [2.24, 2.45) is 0 Å². The van der Waals surface area contributed by atoms with Crippen molar-refractivity contribution >= 4 is 0 Å². The van der Waals surface area contributed by atoms with Gasteiger partial charge in [-0.05, 0) is 30.7 Å². The van der Waals surface area contributed by atoms with Crippen LogP contribution in [0.25, 0.3) is 0 Å². The standard InChI is InChI=1S/C18H24N2O/c1-4-20-18(14(3)15-9-7-6-8-10-15)16-11-17(21-5-2)13-19-12-16/h6-14,18,20H,4-5H2,1-3H3. The molecule has 0 aliphatic heterocycles. The molecule has 1 heterocycles. The van der Waals surface area contributed by atoms with Gasteiger partial charge in [-0.15, -0.1) is 0 Å². The predicted octanol–water partition coefficient (Wildman–Crippen LogP) is 3.93. The lowest BCUT2D eigenvalue weighted by Crippen LogP contribution is -2.26. The molecule has 0 bridgehead atoms. The van der Waals surface area contributed by atoms with Gasteiger partial charge in [0.25, 0.3) is 0 Å². The lowest BCUT2D eigenvalue weighted by atomic mass is 9.89. The van der Waals surface area contributed by atoms with Gasteiger partial charge < -0.3 is 10.1 Å². The summed E-state index contributed by atoms with van der Waals surface area (Å²) in [6.45, 7) is 7.94. The summed E-state index contributed by atoms with van der Waals surface area (Å²) < 4.78 is 5.57. The Balaban J connectivity index is 2.27. The third-order valence-electron chi connectivity index (χ3n) is 3.65. The lowest BCUT2D eigenvalue weighted by molar-refractivity contribution is 0.337. The molecule has 1 aromatic carbocycles. The number of rotatable bonds is 7. The number of nitrogens with zero attached hydrogens (tertiary/aromatic N) is 1. The van der Waals surface area contributed by atoms with Gasteiger partial charge in [-0.3, -0.25) is 4.98 Å². The van der Waals surface area contributed by atoms with Crippen molar-refractivity contribution in [1.29, 1.82) is 0 Å². The molecule has 3 heteroatoms. The van der Waals surface area contributed by atoms with Gasteiger partial charge in [0, 0.05) is 18.2 Å². The number of benzene rings is 1. The van der Waals surface area contributed by atoms with E-state index in [0.717, 1.165) is 12.3 Å². The van der Waals surface area contributed by atoms with E-state index in [1.807, 2.05) is 13.1 Å². The highest BCUT2D eigenvalue weighted by molar-refractivity contribution is 5.30. The van der Waals surface area contributed by atoms with Crippen molar-refractivity contribution in [2.45, 2.75) is 32.7 Å². The van der Waals surface area contributed by atoms with E-state index >= 15 is 0 Å². The summed E-state index contributed by atoms with van der Waals surface area (Å²) >= 11 is 0. The van der Waals surface area contributed by atoms with Crippen LogP contribution in [-0.2, 0) is 0 Å². The maximum absolute atomic E-state index is 5.57. The van der Waals surface area contributed by atoms with Gasteiger partial charge in [-0.2, -0.15) is 0 Å². The van der Waals surface area contributed by atoms with Crippen LogP contribution in [0.5, 0.6) is 5.75 Å². The van der Waals surface area contributed by atoms with E-state index in [9.17, 15) is 0 Å². The van der Waals surface area contributed by atoms with Gasteiger partial charge in [-0.25, -0.2) is 0 Å². The molecule has 2 atom stereocenters. The molecule has 0 saturated carbocycles. The average Bonchev–Trinajstić information content (AvgIpc) is 2.53. The minimum atomic E-state index is 0.227. The van der Waals surface area contributed by atoms with E-state index in [1.165, 1.54) is 11.1 Å². The number of hydrogen-bond donors (Lipinski definition) is 1. The first-order chi connectivity index (χ1) is 10.3. The van der Waals surface area contributed by atoms with E-state index in [4.69, 9.17) is 4.74 Å². The predicted molar refractivity (Wildman–Crippen MR) is 86.7 cm³/mol. The first-order valence-electron chi connectivity index (χ1n) is 7.62. The van der Waals surface area contributed by atoms with Crippen molar-refractivity contribution in [2.75, 3.05) is 13.2 Å². The second kappa shape index (κ2) is 7.79. The minimum Gasteiger partial charge on any atom is -0.492 e. The Hall–Kier alpha value is -1.87. The molecule has 0 aliphatic carbocycles. The Labute approximate surface area is 127 Å². The zero-order chi connectivity index (χ0) is 15.1. The third kappa shape index (κ3) is 4.05. The Morgan fingerprint density at radius 1 is 1.10 bits per heavy atom. The van der Waals surface area contributed by atoms with Crippen LogP contribution in [0.4, 0.5) is 0 Å². The summed E-state index contributed by atoms with van der Waals surface area (Å²) in [4.78, 5) is 4.32. The van der Waals surface area contributed by atoms with Crippen LogP contribution in [-0.4, -0.2) is 18.1 Å². The molecular formula is C18H24N2O. The second-order valence-electron chi connectivity index (χ2n) is 5.12. The fourth-order valence-corrected chi connectivity index (χ4v) is 2.60. The van der Waals surface area contributed by atoms with Crippen LogP contribution in [0.1, 0.15) is 43.9 Å². The Bertz CT molecular complexity index is 542. The number of likely N-dealkylation sites (N-methyl/N-ethyl adjacent to an activating group) is 1. The Kier molecular flexibility index (Phi) is 5.76. The van der Waals surface area contributed by atoms with Crippen LogP contribution in [0, 0.1) is 0 Å². The first-order valence-corrected chi connectivity index (χ1v) is 7.62. The topological polar surface area (TPSA) is 34.2 Å². The summed E-state index contributed by atoms with van der Waals surface area (Å²) in [6, 6.07) is 12.9. The average molecular weight is 284 g/mol. The van der Waals surface area contributed by atoms with Gasteiger partial charge in [0.05, 0.1) is 12.8 Å². The molecule has 3 nitrogen and oxygen atoms in total. The summed E-state index contributed by atoms with van der Waals surface area (Å²) in [7, 11) is 0. The van der Waals surface area contributed by atoms with Crippen LogP contribution in [0.3, 0.4) is 0 Å². The van der Waals surface area contributed by atoms with Crippen LogP contribution < -0.4 is 10.1 Å².